The maximum Gasteiger partial charge on any atom is 0.239 e. The molecule has 112 valence electrons. The molecule has 1 aromatic heterocycles. The first-order valence-electron chi connectivity index (χ1n) is 7.30. The molecule has 3 aromatic rings. The maximum atomic E-state index is 11.8. The number of nitrogens with one attached hydrogen (secondary N) is 3. The molecule has 0 aliphatic heterocycles. The van der Waals surface area contributed by atoms with E-state index in [-0.39, 0.29) is 12.5 Å². The van der Waals surface area contributed by atoms with Gasteiger partial charge in [-0.25, -0.2) is 4.98 Å². The van der Waals surface area contributed by atoms with Crippen LogP contribution in [0.2, 0.25) is 0 Å². The summed E-state index contributed by atoms with van der Waals surface area (Å²) >= 11 is 0. The first-order valence-corrected chi connectivity index (χ1v) is 7.30. The normalized spacial score (nSPS) is 10.5. The van der Waals surface area contributed by atoms with Gasteiger partial charge in [0, 0.05) is 6.54 Å². The van der Waals surface area contributed by atoms with Gasteiger partial charge in [-0.3, -0.25) is 4.79 Å². The van der Waals surface area contributed by atoms with E-state index >= 15 is 0 Å². The van der Waals surface area contributed by atoms with Crippen LogP contribution in [0.25, 0.3) is 11.0 Å². The van der Waals surface area contributed by atoms with Crippen LogP contribution in [-0.2, 0) is 11.2 Å². The number of carbonyl (C=O) groups is 1. The zero-order valence-electron chi connectivity index (χ0n) is 12.2. The molecule has 0 radical (unpaired) electrons. The highest BCUT2D eigenvalue weighted by molar-refractivity contribution is 5.81. The number of rotatable bonds is 6. The van der Waals surface area contributed by atoms with Gasteiger partial charge in [0.25, 0.3) is 0 Å². The molecule has 1 amide bonds. The number of amides is 1. The number of hydrogen-bond acceptors (Lipinski definition) is 3. The van der Waals surface area contributed by atoms with E-state index in [1.165, 1.54) is 5.56 Å². The van der Waals surface area contributed by atoms with E-state index in [1.54, 1.807) is 0 Å². The minimum atomic E-state index is -0.0450. The number of nitrogens with zero attached hydrogens (tertiary/aromatic N) is 1. The van der Waals surface area contributed by atoms with E-state index in [9.17, 15) is 4.79 Å². The molecule has 22 heavy (non-hydrogen) atoms. The first kappa shape index (κ1) is 14.1. The van der Waals surface area contributed by atoms with Gasteiger partial charge in [0.1, 0.15) is 0 Å². The zero-order chi connectivity index (χ0) is 15.2. The number of aromatic amines is 1. The van der Waals surface area contributed by atoms with Crippen molar-refractivity contribution in [3.8, 4) is 0 Å². The Kier molecular flexibility index (Phi) is 4.34. The van der Waals surface area contributed by atoms with E-state index in [0.29, 0.717) is 12.5 Å². The zero-order valence-corrected chi connectivity index (χ0v) is 12.2. The van der Waals surface area contributed by atoms with Gasteiger partial charge in [0.2, 0.25) is 11.9 Å². The number of imidazole rings is 1. The van der Waals surface area contributed by atoms with E-state index < -0.39 is 0 Å². The topological polar surface area (TPSA) is 69.8 Å². The van der Waals surface area contributed by atoms with Crippen molar-refractivity contribution in [3.63, 3.8) is 0 Å². The Balaban J connectivity index is 1.44. The Morgan fingerprint density at radius 1 is 1.05 bits per heavy atom. The fraction of sp³-hybridized carbons (Fsp3) is 0.176. The molecule has 5 heteroatoms. The van der Waals surface area contributed by atoms with Gasteiger partial charge in [-0.1, -0.05) is 42.5 Å². The van der Waals surface area contributed by atoms with Crippen molar-refractivity contribution in [2.24, 2.45) is 0 Å². The Morgan fingerprint density at radius 3 is 2.64 bits per heavy atom. The van der Waals surface area contributed by atoms with Crippen LogP contribution in [-0.4, -0.2) is 29.0 Å². The van der Waals surface area contributed by atoms with Crippen LogP contribution < -0.4 is 10.6 Å². The second-order valence-electron chi connectivity index (χ2n) is 5.04. The van der Waals surface area contributed by atoms with Gasteiger partial charge >= 0.3 is 0 Å². The number of aromatic nitrogens is 2. The lowest BCUT2D eigenvalue weighted by molar-refractivity contribution is -0.119. The smallest absolute Gasteiger partial charge is 0.239 e. The number of H-pyrrole nitrogens is 1. The van der Waals surface area contributed by atoms with Crippen LogP contribution in [0.1, 0.15) is 5.56 Å². The minimum absolute atomic E-state index is 0.0450. The molecule has 0 bridgehead atoms. The highest BCUT2D eigenvalue weighted by Gasteiger charge is 2.04. The fourth-order valence-electron chi connectivity index (χ4n) is 2.25. The summed E-state index contributed by atoms with van der Waals surface area (Å²) in [7, 11) is 0. The molecule has 0 atom stereocenters. The van der Waals surface area contributed by atoms with Crippen molar-refractivity contribution in [3.05, 3.63) is 60.2 Å². The van der Waals surface area contributed by atoms with Gasteiger partial charge in [-0.15, -0.1) is 0 Å². The Morgan fingerprint density at radius 2 is 1.82 bits per heavy atom. The standard InChI is InChI=1S/C17H18N4O/c22-16(18-11-10-13-6-2-1-3-7-13)12-19-17-20-14-8-4-5-9-15(14)21-17/h1-9H,10-12H2,(H,18,22)(H2,19,20,21). The van der Waals surface area contributed by atoms with E-state index in [0.717, 1.165) is 17.5 Å². The van der Waals surface area contributed by atoms with Gasteiger partial charge in [-0.05, 0) is 24.1 Å². The second-order valence-corrected chi connectivity index (χ2v) is 5.04. The van der Waals surface area contributed by atoms with Crippen LogP contribution in [0.4, 0.5) is 5.95 Å². The molecule has 1 heterocycles. The van der Waals surface area contributed by atoms with Crippen molar-refractivity contribution < 1.29 is 4.79 Å². The number of fused-ring (bicyclic) bond motifs is 1. The SMILES string of the molecule is O=C(CNc1nc2ccccc2[nH]1)NCCc1ccccc1. The fourth-order valence-corrected chi connectivity index (χ4v) is 2.25. The van der Waals surface area contributed by atoms with E-state index in [2.05, 4.69) is 32.7 Å². The summed E-state index contributed by atoms with van der Waals surface area (Å²) in [5.74, 6) is 0.566. The summed E-state index contributed by atoms with van der Waals surface area (Å²) < 4.78 is 0. The van der Waals surface area contributed by atoms with Crippen LogP contribution >= 0.6 is 0 Å². The summed E-state index contributed by atoms with van der Waals surface area (Å²) in [6.07, 6.45) is 0.831. The second kappa shape index (κ2) is 6.76. The molecule has 0 spiro atoms. The predicted octanol–water partition coefficient (Wildman–Crippen LogP) is 2.33. The monoisotopic (exact) mass is 294 g/mol. The van der Waals surface area contributed by atoms with Gasteiger partial charge < -0.3 is 15.6 Å². The Labute approximate surface area is 128 Å². The molecule has 0 aliphatic rings. The Bertz CT molecular complexity index is 718. The average Bonchev–Trinajstić information content (AvgIpc) is 2.97. The third-order valence-corrected chi connectivity index (χ3v) is 3.38. The van der Waals surface area contributed by atoms with Crippen molar-refractivity contribution >= 4 is 22.9 Å². The third kappa shape index (κ3) is 3.63. The number of anilines is 1. The van der Waals surface area contributed by atoms with Crippen molar-refractivity contribution in [1.82, 2.24) is 15.3 Å². The number of hydrogen-bond donors (Lipinski definition) is 3. The van der Waals surface area contributed by atoms with Crippen molar-refractivity contribution in [1.29, 1.82) is 0 Å². The van der Waals surface area contributed by atoms with Gasteiger partial charge in [0.05, 0.1) is 17.6 Å². The van der Waals surface area contributed by atoms with Crippen LogP contribution in [0, 0.1) is 0 Å². The quantitative estimate of drug-likeness (QED) is 0.653. The molecular formula is C17H18N4O. The lowest BCUT2D eigenvalue weighted by Crippen LogP contribution is -2.31. The first-order chi connectivity index (χ1) is 10.8. The minimum Gasteiger partial charge on any atom is -0.354 e. The van der Waals surface area contributed by atoms with Gasteiger partial charge in [0.15, 0.2) is 0 Å². The van der Waals surface area contributed by atoms with E-state index in [4.69, 9.17) is 0 Å². The van der Waals surface area contributed by atoms with Crippen LogP contribution in [0.15, 0.2) is 54.6 Å². The predicted molar refractivity (Wildman–Crippen MR) is 87.7 cm³/mol. The summed E-state index contributed by atoms with van der Waals surface area (Å²) in [5.41, 5.74) is 3.05. The molecule has 0 fully saturated rings. The maximum absolute atomic E-state index is 11.8. The molecule has 5 nitrogen and oxygen atoms in total. The number of carbonyl (C=O) groups excluding carboxylic acids is 1. The summed E-state index contributed by atoms with van der Waals surface area (Å²) in [6, 6.07) is 17.9. The van der Waals surface area contributed by atoms with E-state index in [1.807, 2.05) is 42.5 Å². The molecule has 3 rings (SSSR count). The molecule has 2 aromatic carbocycles. The van der Waals surface area contributed by atoms with Crippen LogP contribution in [0.5, 0.6) is 0 Å². The third-order valence-electron chi connectivity index (χ3n) is 3.38. The number of benzene rings is 2. The molecule has 0 saturated heterocycles. The summed E-state index contributed by atoms with van der Waals surface area (Å²) in [5, 5.41) is 5.90. The Hall–Kier alpha value is -2.82. The van der Waals surface area contributed by atoms with Crippen molar-refractivity contribution in [2.45, 2.75) is 6.42 Å². The lowest BCUT2D eigenvalue weighted by Gasteiger charge is -2.06. The summed E-state index contributed by atoms with van der Waals surface area (Å²) in [6.45, 7) is 0.833. The lowest BCUT2D eigenvalue weighted by atomic mass is 10.1. The molecule has 3 N–H and O–H groups in total. The summed E-state index contributed by atoms with van der Waals surface area (Å²) in [4.78, 5) is 19.3. The number of para-hydroxylation sites is 2. The molecule has 0 unspecified atom stereocenters. The highest BCUT2D eigenvalue weighted by Crippen LogP contribution is 2.12. The average molecular weight is 294 g/mol. The molecular weight excluding hydrogens is 276 g/mol. The highest BCUT2D eigenvalue weighted by atomic mass is 16.1. The van der Waals surface area contributed by atoms with Crippen molar-refractivity contribution in [2.75, 3.05) is 18.4 Å². The van der Waals surface area contributed by atoms with Crippen LogP contribution in [0.3, 0.4) is 0 Å². The largest absolute Gasteiger partial charge is 0.354 e. The molecule has 0 aliphatic carbocycles. The van der Waals surface area contributed by atoms with Gasteiger partial charge in [-0.2, -0.15) is 0 Å². The molecule has 0 saturated carbocycles.